The van der Waals surface area contributed by atoms with Gasteiger partial charge in [-0.05, 0) is 12.8 Å². The van der Waals surface area contributed by atoms with Crippen LogP contribution in [0.15, 0.2) is 0 Å². The SMILES string of the molecule is F[B-](F)(F)C1CCCO1.[K+]. The summed E-state index contributed by atoms with van der Waals surface area (Å²) >= 11 is 0. The van der Waals surface area contributed by atoms with Crippen molar-refractivity contribution < 1.29 is 69.1 Å². The van der Waals surface area contributed by atoms with Gasteiger partial charge in [0.15, 0.2) is 0 Å². The van der Waals surface area contributed by atoms with E-state index in [0.717, 1.165) is 0 Å². The summed E-state index contributed by atoms with van der Waals surface area (Å²) in [6, 6.07) is -1.43. The van der Waals surface area contributed by atoms with Gasteiger partial charge < -0.3 is 17.7 Å². The van der Waals surface area contributed by atoms with Crippen LogP contribution in [0.5, 0.6) is 0 Å². The van der Waals surface area contributed by atoms with Gasteiger partial charge in [0, 0.05) is 12.6 Å². The van der Waals surface area contributed by atoms with Crippen LogP contribution in [0.4, 0.5) is 12.9 Å². The van der Waals surface area contributed by atoms with Crippen LogP contribution in [0.3, 0.4) is 0 Å². The van der Waals surface area contributed by atoms with Crippen molar-refractivity contribution in [2.75, 3.05) is 6.61 Å². The number of hydrogen-bond acceptors (Lipinski definition) is 1. The monoisotopic (exact) mass is 178 g/mol. The number of halogens is 3. The Morgan fingerprint density at radius 3 is 2.10 bits per heavy atom. The molecule has 0 radical (unpaired) electrons. The van der Waals surface area contributed by atoms with E-state index in [1.807, 2.05) is 0 Å². The molecule has 1 rings (SSSR count). The minimum atomic E-state index is -4.73. The third-order valence-corrected chi connectivity index (χ3v) is 1.39. The molecule has 0 spiro atoms. The normalized spacial score (nSPS) is 26.1. The molecule has 1 aliphatic rings. The van der Waals surface area contributed by atoms with Gasteiger partial charge in [0.2, 0.25) is 0 Å². The van der Waals surface area contributed by atoms with Crippen molar-refractivity contribution in [2.24, 2.45) is 0 Å². The first-order chi connectivity index (χ1) is 4.11. The van der Waals surface area contributed by atoms with Gasteiger partial charge in [0.05, 0.1) is 0 Å². The van der Waals surface area contributed by atoms with Crippen molar-refractivity contribution in [2.45, 2.75) is 18.8 Å². The maximum Gasteiger partial charge on any atom is 1.00 e. The fourth-order valence-electron chi connectivity index (χ4n) is 0.901. The third-order valence-electron chi connectivity index (χ3n) is 1.39. The van der Waals surface area contributed by atoms with Crippen molar-refractivity contribution in [1.82, 2.24) is 0 Å². The number of rotatable bonds is 1. The molecule has 0 N–H and O–H groups in total. The molecule has 1 aliphatic heterocycles. The van der Waals surface area contributed by atoms with E-state index in [-0.39, 0.29) is 64.4 Å². The van der Waals surface area contributed by atoms with Crippen molar-refractivity contribution in [3.8, 4) is 0 Å². The summed E-state index contributed by atoms with van der Waals surface area (Å²) < 4.78 is 39.5. The van der Waals surface area contributed by atoms with Gasteiger partial charge in [-0.1, -0.05) is 0 Å². The van der Waals surface area contributed by atoms with Crippen molar-refractivity contribution in [3.05, 3.63) is 0 Å². The van der Waals surface area contributed by atoms with Crippen LogP contribution in [0.25, 0.3) is 0 Å². The first-order valence-corrected chi connectivity index (χ1v) is 2.92. The topological polar surface area (TPSA) is 9.23 Å². The van der Waals surface area contributed by atoms with Gasteiger partial charge >= 0.3 is 58.4 Å². The number of hydrogen-bond donors (Lipinski definition) is 0. The van der Waals surface area contributed by atoms with E-state index in [9.17, 15) is 12.9 Å². The summed E-state index contributed by atoms with van der Waals surface area (Å²) in [6.07, 6.45) is 0.704. The molecule has 0 bridgehead atoms. The third kappa shape index (κ3) is 3.23. The van der Waals surface area contributed by atoms with Crippen molar-refractivity contribution in [3.63, 3.8) is 0 Å². The molecule has 1 fully saturated rings. The van der Waals surface area contributed by atoms with Crippen LogP contribution in [-0.4, -0.2) is 19.6 Å². The Labute approximate surface area is 100 Å². The van der Waals surface area contributed by atoms with E-state index in [0.29, 0.717) is 6.42 Å². The van der Waals surface area contributed by atoms with Crippen molar-refractivity contribution >= 4 is 6.98 Å². The molecule has 1 saturated heterocycles. The minimum Gasteiger partial charge on any atom is -0.447 e. The molecule has 1 heterocycles. The second-order valence-corrected chi connectivity index (χ2v) is 2.18. The second kappa shape index (κ2) is 4.47. The summed E-state index contributed by atoms with van der Waals surface area (Å²) in [5.41, 5.74) is 0. The molecule has 1 unspecified atom stereocenters. The van der Waals surface area contributed by atoms with Gasteiger partial charge in [-0.15, -0.1) is 0 Å². The van der Waals surface area contributed by atoms with E-state index >= 15 is 0 Å². The van der Waals surface area contributed by atoms with Crippen LogP contribution >= 0.6 is 0 Å². The van der Waals surface area contributed by atoms with E-state index in [2.05, 4.69) is 4.74 Å². The Morgan fingerprint density at radius 1 is 1.30 bits per heavy atom. The molecule has 1 atom stereocenters. The van der Waals surface area contributed by atoms with Crippen LogP contribution in [0.1, 0.15) is 12.8 Å². The van der Waals surface area contributed by atoms with Crippen LogP contribution in [0.2, 0.25) is 0 Å². The molecular weight excluding hydrogens is 171 g/mol. The average Bonchev–Trinajstić information content (AvgIpc) is 2.08. The molecular formula is C4H7BF3KO. The molecule has 54 valence electrons. The summed E-state index contributed by atoms with van der Waals surface area (Å²) in [6.45, 7) is -4.46. The molecule has 0 aromatic rings. The Kier molecular flexibility index (Phi) is 5.12. The fraction of sp³-hybridized carbons (Fsp3) is 1.00. The van der Waals surface area contributed by atoms with Gasteiger partial charge in [-0.2, -0.15) is 0 Å². The van der Waals surface area contributed by atoms with Crippen LogP contribution in [-0.2, 0) is 4.74 Å². The van der Waals surface area contributed by atoms with Gasteiger partial charge in [0.1, 0.15) is 0 Å². The van der Waals surface area contributed by atoms with Crippen LogP contribution in [0, 0.1) is 0 Å². The zero-order chi connectivity index (χ0) is 6.91. The number of ether oxygens (including phenoxy) is 1. The Hall–Kier alpha value is 1.45. The van der Waals surface area contributed by atoms with Gasteiger partial charge in [0.25, 0.3) is 0 Å². The van der Waals surface area contributed by atoms with E-state index in [1.54, 1.807) is 0 Å². The minimum absolute atomic E-state index is 0. The zero-order valence-corrected chi connectivity index (χ0v) is 8.94. The molecule has 10 heavy (non-hydrogen) atoms. The molecule has 0 aromatic carbocycles. The quantitative estimate of drug-likeness (QED) is 0.446. The Bertz CT molecular complexity index is 101. The Morgan fingerprint density at radius 2 is 1.90 bits per heavy atom. The largest absolute Gasteiger partial charge is 1.00 e. The molecule has 0 amide bonds. The molecule has 6 heteroatoms. The molecule has 1 nitrogen and oxygen atoms in total. The molecule has 0 aromatic heterocycles. The van der Waals surface area contributed by atoms with E-state index in [4.69, 9.17) is 0 Å². The first kappa shape index (κ1) is 11.5. The van der Waals surface area contributed by atoms with E-state index < -0.39 is 13.0 Å². The Balaban J connectivity index is 0.000000810. The predicted molar refractivity (Wildman–Crippen MR) is 28.1 cm³/mol. The van der Waals surface area contributed by atoms with Gasteiger partial charge in [-0.3, -0.25) is 0 Å². The van der Waals surface area contributed by atoms with E-state index in [1.165, 1.54) is 0 Å². The summed E-state index contributed by atoms with van der Waals surface area (Å²) in [4.78, 5) is 0. The first-order valence-electron chi connectivity index (χ1n) is 2.92. The van der Waals surface area contributed by atoms with Gasteiger partial charge in [-0.25, -0.2) is 0 Å². The van der Waals surface area contributed by atoms with Crippen molar-refractivity contribution in [1.29, 1.82) is 0 Å². The zero-order valence-electron chi connectivity index (χ0n) is 5.82. The smallest absolute Gasteiger partial charge is 0.447 e. The molecule has 0 saturated carbocycles. The standard InChI is InChI=1S/C4H7BF3O.K/c6-5(7,8)4-2-1-3-9-4;/h4H,1-3H2;/q-1;+1. The van der Waals surface area contributed by atoms with Crippen LogP contribution < -0.4 is 51.4 Å². The fourth-order valence-corrected chi connectivity index (χ4v) is 0.901. The summed E-state index contributed by atoms with van der Waals surface area (Å²) in [5, 5.41) is 0. The predicted octanol–water partition coefficient (Wildman–Crippen LogP) is -1.44. The summed E-state index contributed by atoms with van der Waals surface area (Å²) in [5.74, 6) is 0. The second-order valence-electron chi connectivity index (χ2n) is 2.18. The molecule has 0 aliphatic carbocycles. The maximum atomic E-state index is 11.7. The average molecular weight is 178 g/mol. The maximum absolute atomic E-state index is 11.7. The summed E-state index contributed by atoms with van der Waals surface area (Å²) in [7, 11) is 0.